The van der Waals surface area contributed by atoms with Crippen LogP contribution in [0.2, 0.25) is 0 Å². The molecule has 0 spiro atoms. The number of hydrogen-bond acceptors (Lipinski definition) is 2. The Morgan fingerprint density at radius 2 is 1.95 bits per heavy atom. The van der Waals surface area contributed by atoms with Gasteiger partial charge in [-0.3, -0.25) is 4.79 Å². The van der Waals surface area contributed by atoms with E-state index >= 15 is 0 Å². The van der Waals surface area contributed by atoms with Gasteiger partial charge in [0.2, 0.25) is 5.91 Å². The van der Waals surface area contributed by atoms with Gasteiger partial charge in [0.25, 0.3) is 0 Å². The first kappa shape index (κ1) is 16.0. The maximum Gasteiger partial charge on any atom is 0.329 e. The molecular weight excluding hydrogens is 242 g/mol. The number of amides is 1. The van der Waals surface area contributed by atoms with Crippen LogP contribution < -0.4 is 0 Å². The van der Waals surface area contributed by atoms with E-state index in [0.717, 1.165) is 19.3 Å². The average Bonchev–Trinajstić information content (AvgIpc) is 2.53. The molecule has 0 saturated heterocycles. The molecule has 0 aliphatic heterocycles. The summed E-state index contributed by atoms with van der Waals surface area (Å²) in [5.74, 6) is 0.186. The van der Waals surface area contributed by atoms with E-state index in [1.807, 2.05) is 6.92 Å². The molecule has 0 aromatic rings. The highest BCUT2D eigenvalue weighted by atomic mass is 16.4. The molecule has 1 saturated carbocycles. The minimum atomic E-state index is -0.982. The van der Waals surface area contributed by atoms with Crippen LogP contribution in [0.5, 0.6) is 0 Å². The molecule has 0 bridgehead atoms. The van der Waals surface area contributed by atoms with Crippen molar-refractivity contribution in [3.05, 3.63) is 0 Å². The summed E-state index contributed by atoms with van der Waals surface area (Å²) in [5, 5.41) is 9.70. The number of carboxylic acid groups (broad SMARTS) is 1. The lowest BCUT2D eigenvalue weighted by Gasteiger charge is -2.39. The van der Waals surface area contributed by atoms with Crippen LogP contribution >= 0.6 is 0 Å². The van der Waals surface area contributed by atoms with Crippen molar-refractivity contribution in [1.29, 1.82) is 0 Å². The molecule has 2 unspecified atom stereocenters. The number of aliphatic carboxylic acids is 1. The van der Waals surface area contributed by atoms with Gasteiger partial charge in [-0.15, -0.1) is 0 Å². The highest BCUT2D eigenvalue weighted by Crippen LogP contribution is 2.37. The van der Waals surface area contributed by atoms with Crippen molar-refractivity contribution >= 4 is 11.9 Å². The molecule has 2 atom stereocenters. The quantitative estimate of drug-likeness (QED) is 0.798. The molecule has 4 nitrogen and oxygen atoms in total. The van der Waals surface area contributed by atoms with Crippen LogP contribution in [0.15, 0.2) is 0 Å². The first-order chi connectivity index (χ1) is 8.85. The number of likely N-dealkylation sites (N-methyl/N-ethyl adjacent to an activating group) is 1. The van der Waals surface area contributed by atoms with Crippen LogP contribution in [0.1, 0.15) is 59.8 Å². The third-order valence-electron chi connectivity index (χ3n) is 4.65. The summed E-state index contributed by atoms with van der Waals surface area (Å²) in [5.41, 5.74) is -0.982. The maximum absolute atomic E-state index is 11.8. The van der Waals surface area contributed by atoms with Crippen molar-refractivity contribution in [2.45, 2.75) is 65.3 Å². The van der Waals surface area contributed by atoms with Crippen molar-refractivity contribution in [1.82, 2.24) is 4.90 Å². The Bertz CT molecular complexity index is 340. The zero-order chi connectivity index (χ0) is 14.6. The Labute approximate surface area is 116 Å². The Balaban J connectivity index is 3.00. The van der Waals surface area contributed by atoms with Crippen LogP contribution in [0, 0.1) is 11.8 Å². The maximum atomic E-state index is 11.8. The number of carbonyl (C=O) groups excluding carboxylic acids is 1. The van der Waals surface area contributed by atoms with E-state index in [0.29, 0.717) is 31.2 Å². The van der Waals surface area contributed by atoms with E-state index in [1.165, 1.54) is 6.92 Å². The van der Waals surface area contributed by atoms with Gasteiger partial charge in [-0.1, -0.05) is 26.7 Å². The summed E-state index contributed by atoms with van der Waals surface area (Å²) in [6, 6.07) is 0. The number of carboxylic acids is 1. The first-order valence-electron chi connectivity index (χ1n) is 7.36. The fourth-order valence-electron chi connectivity index (χ4n) is 3.44. The van der Waals surface area contributed by atoms with Gasteiger partial charge in [0, 0.05) is 13.5 Å². The Morgan fingerprint density at radius 1 is 1.32 bits per heavy atom. The number of carbonyl (C=O) groups is 2. The lowest BCUT2D eigenvalue weighted by molar-refractivity contribution is -0.159. The molecule has 1 N–H and O–H groups in total. The fourth-order valence-corrected chi connectivity index (χ4v) is 3.44. The summed E-state index contributed by atoms with van der Waals surface area (Å²) < 4.78 is 0. The van der Waals surface area contributed by atoms with Gasteiger partial charge in [-0.2, -0.15) is 0 Å². The van der Waals surface area contributed by atoms with E-state index in [1.54, 1.807) is 4.90 Å². The van der Waals surface area contributed by atoms with Crippen molar-refractivity contribution in [3.63, 3.8) is 0 Å². The minimum absolute atomic E-state index is 0.132. The summed E-state index contributed by atoms with van der Waals surface area (Å²) in [4.78, 5) is 25.1. The first-order valence-corrected chi connectivity index (χ1v) is 7.36. The molecule has 1 rings (SSSR count). The largest absolute Gasteiger partial charge is 0.479 e. The number of rotatable bonds is 4. The van der Waals surface area contributed by atoms with Gasteiger partial charge in [0.05, 0.1) is 0 Å². The highest BCUT2D eigenvalue weighted by Gasteiger charge is 2.46. The van der Waals surface area contributed by atoms with Gasteiger partial charge in [0.1, 0.15) is 5.54 Å². The van der Waals surface area contributed by atoms with Gasteiger partial charge >= 0.3 is 5.97 Å². The predicted molar refractivity (Wildman–Crippen MR) is 74.8 cm³/mol. The second-order valence-electron chi connectivity index (χ2n) is 6.04. The molecule has 1 fully saturated rings. The molecule has 1 aliphatic carbocycles. The summed E-state index contributed by atoms with van der Waals surface area (Å²) in [6.45, 7) is 8.19. The monoisotopic (exact) mass is 269 g/mol. The average molecular weight is 269 g/mol. The fraction of sp³-hybridized carbons (Fsp3) is 0.867. The second kappa shape index (κ2) is 6.40. The lowest BCUT2D eigenvalue weighted by Crippen LogP contribution is -2.56. The number of nitrogens with zero attached hydrogens (tertiary/aromatic N) is 1. The minimum Gasteiger partial charge on any atom is -0.479 e. The predicted octanol–water partition coefficient (Wildman–Crippen LogP) is 2.91. The molecule has 4 heteroatoms. The van der Waals surface area contributed by atoms with E-state index in [9.17, 15) is 14.7 Å². The molecular formula is C15H27NO3. The van der Waals surface area contributed by atoms with Crippen LogP contribution in [-0.4, -0.2) is 34.0 Å². The SMILES string of the molecule is CCN(C(C)=O)C1(C(=O)O)CCCC(C(C)C)CC1. The van der Waals surface area contributed by atoms with Crippen molar-refractivity contribution in [3.8, 4) is 0 Å². The van der Waals surface area contributed by atoms with Crippen LogP contribution in [0.3, 0.4) is 0 Å². The van der Waals surface area contributed by atoms with Crippen molar-refractivity contribution < 1.29 is 14.7 Å². The molecule has 19 heavy (non-hydrogen) atoms. The summed E-state index contributed by atoms with van der Waals surface area (Å²) in [6.07, 6.45) is 4.02. The second-order valence-corrected chi connectivity index (χ2v) is 6.04. The van der Waals surface area contributed by atoms with Crippen molar-refractivity contribution in [2.75, 3.05) is 6.54 Å². The Morgan fingerprint density at radius 3 is 2.37 bits per heavy atom. The van der Waals surface area contributed by atoms with E-state index in [4.69, 9.17) is 0 Å². The Kier molecular flexibility index (Phi) is 5.39. The van der Waals surface area contributed by atoms with Gasteiger partial charge < -0.3 is 10.0 Å². The van der Waals surface area contributed by atoms with Gasteiger partial charge in [-0.05, 0) is 38.0 Å². The molecule has 0 aromatic carbocycles. The third kappa shape index (κ3) is 3.28. The molecule has 0 aromatic heterocycles. The zero-order valence-corrected chi connectivity index (χ0v) is 12.6. The van der Waals surface area contributed by atoms with Crippen LogP contribution in [-0.2, 0) is 9.59 Å². The molecule has 1 aliphatic rings. The Hall–Kier alpha value is -1.06. The van der Waals surface area contributed by atoms with E-state index < -0.39 is 11.5 Å². The van der Waals surface area contributed by atoms with Gasteiger partial charge in [-0.25, -0.2) is 4.79 Å². The normalized spacial score (nSPS) is 27.9. The standard InChI is InChI=1S/C15H27NO3/c1-5-16(12(4)17)15(14(18)19)9-6-7-13(8-10-15)11(2)3/h11,13H,5-10H2,1-4H3,(H,18,19). The van der Waals surface area contributed by atoms with E-state index in [2.05, 4.69) is 13.8 Å². The van der Waals surface area contributed by atoms with Crippen LogP contribution in [0.25, 0.3) is 0 Å². The van der Waals surface area contributed by atoms with E-state index in [-0.39, 0.29) is 5.91 Å². The molecule has 0 radical (unpaired) electrons. The lowest BCUT2D eigenvalue weighted by atomic mass is 9.85. The number of hydrogen-bond donors (Lipinski definition) is 1. The molecule has 110 valence electrons. The van der Waals surface area contributed by atoms with Crippen LogP contribution in [0.4, 0.5) is 0 Å². The topological polar surface area (TPSA) is 57.6 Å². The summed E-state index contributed by atoms with van der Waals surface area (Å²) in [7, 11) is 0. The van der Waals surface area contributed by atoms with Gasteiger partial charge in [0.15, 0.2) is 0 Å². The summed E-state index contributed by atoms with van der Waals surface area (Å²) >= 11 is 0. The highest BCUT2D eigenvalue weighted by molar-refractivity contribution is 5.86. The third-order valence-corrected chi connectivity index (χ3v) is 4.65. The van der Waals surface area contributed by atoms with Crippen molar-refractivity contribution in [2.24, 2.45) is 11.8 Å². The smallest absolute Gasteiger partial charge is 0.329 e. The molecule has 0 heterocycles. The zero-order valence-electron chi connectivity index (χ0n) is 12.6. The molecule has 1 amide bonds.